The minimum atomic E-state index is -0.870. The number of allylic oxidation sites excluding steroid dienone is 1. The highest BCUT2D eigenvalue weighted by molar-refractivity contribution is 5.98. The van der Waals surface area contributed by atoms with Crippen LogP contribution < -0.4 is 0 Å². The number of amides is 1. The van der Waals surface area contributed by atoms with Crippen LogP contribution in [-0.2, 0) is 28.6 Å². The molecule has 2 aliphatic heterocycles. The molecule has 0 aromatic rings. The van der Waals surface area contributed by atoms with Gasteiger partial charge in [-0.05, 0) is 20.8 Å². The van der Waals surface area contributed by atoms with E-state index < -0.39 is 30.4 Å². The lowest BCUT2D eigenvalue weighted by atomic mass is 9.98. The van der Waals surface area contributed by atoms with Crippen LogP contribution in [0.2, 0.25) is 0 Å². The molecule has 0 saturated carbocycles. The Balaban J connectivity index is 2.00. The van der Waals surface area contributed by atoms with Crippen molar-refractivity contribution in [3.63, 3.8) is 0 Å². The van der Waals surface area contributed by atoms with Gasteiger partial charge in [-0.15, -0.1) is 0 Å². The third kappa shape index (κ3) is 2.90. The van der Waals surface area contributed by atoms with E-state index in [2.05, 4.69) is 0 Å². The Kier molecular flexibility index (Phi) is 4.11. The fourth-order valence-electron chi connectivity index (χ4n) is 1.88. The first-order valence-corrected chi connectivity index (χ1v) is 6.64. The number of nitrogens with zero attached hydrogens (tertiary/aromatic N) is 1. The number of aliphatic hydroxyl groups excluding tert-OH is 1. The van der Waals surface area contributed by atoms with E-state index in [1.54, 1.807) is 20.8 Å². The van der Waals surface area contributed by atoms with Crippen molar-refractivity contribution in [1.29, 1.82) is 0 Å². The molecule has 0 aromatic carbocycles. The summed E-state index contributed by atoms with van der Waals surface area (Å²) in [7, 11) is 0. The number of esters is 2. The van der Waals surface area contributed by atoms with Crippen molar-refractivity contribution in [1.82, 2.24) is 4.90 Å². The van der Waals surface area contributed by atoms with E-state index in [0.29, 0.717) is 6.26 Å². The molecule has 8 nitrogen and oxygen atoms in total. The van der Waals surface area contributed by atoms with Crippen molar-refractivity contribution in [2.75, 3.05) is 6.79 Å². The number of hydrogen-bond acceptors (Lipinski definition) is 7. The van der Waals surface area contributed by atoms with Crippen LogP contribution in [-0.4, -0.2) is 40.9 Å². The molecule has 0 radical (unpaired) electrons. The third-order valence-corrected chi connectivity index (χ3v) is 3.05. The number of hydrogen-bond donors (Lipinski definition) is 1. The lowest BCUT2D eigenvalue weighted by molar-refractivity contribution is -0.174. The molecule has 2 rings (SSSR count). The van der Waals surface area contributed by atoms with Gasteiger partial charge in [0, 0.05) is 6.08 Å². The van der Waals surface area contributed by atoms with Gasteiger partial charge in [0.05, 0.1) is 18.1 Å². The lowest BCUT2D eigenvalue weighted by Gasteiger charge is -2.33. The fraction of sp³-hybridized carbons (Fsp3) is 0.500. The van der Waals surface area contributed by atoms with E-state index in [4.69, 9.17) is 19.3 Å². The van der Waals surface area contributed by atoms with Crippen LogP contribution in [0.1, 0.15) is 27.2 Å². The Morgan fingerprint density at radius 1 is 1.41 bits per heavy atom. The summed E-state index contributed by atoms with van der Waals surface area (Å²) in [5, 5.41) is 8.80. The predicted molar refractivity (Wildman–Crippen MR) is 71.6 cm³/mol. The van der Waals surface area contributed by atoms with E-state index in [0.717, 1.165) is 11.0 Å². The van der Waals surface area contributed by atoms with Gasteiger partial charge >= 0.3 is 11.9 Å². The second kappa shape index (κ2) is 5.70. The van der Waals surface area contributed by atoms with E-state index in [1.165, 1.54) is 0 Å². The smallest absolute Gasteiger partial charge is 0.361 e. The Morgan fingerprint density at radius 2 is 2.09 bits per heavy atom. The summed E-state index contributed by atoms with van der Waals surface area (Å²) in [5.74, 6) is -1.65. The van der Waals surface area contributed by atoms with Gasteiger partial charge in [0.2, 0.25) is 12.7 Å². The van der Waals surface area contributed by atoms with Gasteiger partial charge in [-0.1, -0.05) is 0 Å². The molecule has 0 spiro atoms. The Bertz CT molecular complexity index is 570. The number of carbonyl (C=O) groups is 3. The average molecular weight is 311 g/mol. The van der Waals surface area contributed by atoms with Crippen molar-refractivity contribution < 1.29 is 33.7 Å². The first-order valence-electron chi connectivity index (χ1n) is 6.64. The van der Waals surface area contributed by atoms with Crippen LogP contribution in [0.15, 0.2) is 23.8 Å². The monoisotopic (exact) mass is 311 g/mol. The summed E-state index contributed by atoms with van der Waals surface area (Å²) < 4.78 is 15.0. The molecule has 0 bridgehead atoms. The zero-order valence-corrected chi connectivity index (χ0v) is 12.5. The van der Waals surface area contributed by atoms with Gasteiger partial charge in [-0.25, -0.2) is 4.79 Å². The number of ether oxygens (including phenoxy) is 3. The van der Waals surface area contributed by atoms with Gasteiger partial charge < -0.3 is 19.3 Å². The number of β-lactam (4-membered cyclic amide) rings is 1. The molecule has 1 fully saturated rings. The molecular formula is C14H17NO7. The fourth-order valence-corrected chi connectivity index (χ4v) is 1.88. The van der Waals surface area contributed by atoms with Crippen molar-refractivity contribution in [2.45, 2.75) is 33.4 Å². The van der Waals surface area contributed by atoms with Crippen LogP contribution >= 0.6 is 0 Å². The van der Waals surface area contributed by atoms with Crippen LogP contribution in [0.4, 0.5) is 0 Å². The van der Waals surface area contributed by atoms with Crippen molar-refractivity contribution in [2.24, 2.45) is 5.41 Å². The first kappa shape index (κ1) is 15.9. The molecular weight excluding hydrogens is 294 g/mol. The zero-order valence-electron chi connectivity index (χ0n) is 12.5. The number of fused-ring (bicyclic) bond motifs is 1. The van der Waals surface area contributed by atoms with Gasteiger partial charge in [0.1, 0.15) is 0 Å². The topological polar surface area (TPSA) is 102 Å². The van der Waals surface area contributed by atoms with Gasteiger partial charge in [0.15, 0.2) is 17.7 Å². The zero-order chi connectivity index (χ0) is 16.5. The van der Waals surface area contributed by atoms with E-state index >= 15 is 0 Å². The summed E-state index contributed by atoms with van der Waals surface area (Å²) in [4.78, 5) is 36.3. The van der Waals surface area contributed by atoms with E-state index in [1.807, 2.05) is 0 Å². The molecule has 1 amide bonds. The van der Waals surface area contributed by atoms with Gasteiger partial charge in [-0.2, -0.15) is 0 Å². The van der Waals surface area contributed by atoms with E-state index in [-0.39, 0.29) is 23.8 Å². The largest absolute Gasteiger partial charge is 0.515 e. The normalized spacial score (nSPS) is 20.6. The summed E-state index contributed by atoms with van der Waals surface area (Å²) in [6.07, 6.45) is 1.43. The van der Waals surface area contributed by atoms with E-state index in [9.17, 15) is 14.4 Å². The number of rotatable bonds is 4. The third-order valence-electron chi connectivity index (χ3n) is 3.05. The Hall–Kier alpha value is -2.51. The van der Waals surface area contributed by atoms with Crippen molar-refractivity contribution in [3.8, 4) is 0 Å². The average Bonchev–Trinajstić information content (AvgIpc) is 2.70. The quantitative estimate of drug-likeness (QED) is 0.357. The highest BCUT2D eigenvalue weighted by Gasteiger charge is 2.49. The molecule has 2 heterocycles. The number of aliphatic hydroxyl groups is 1. The first-order chi connectivity index (χ1) is 10.3. The van der Waals surface area contributed by atoms with Gasteiger partial charge in [-0.3, -0.25) is 14.5 Å². The molecule has 120 valence electrons. The maximum Gasteiger partial charge on any atom is 0.361 e. The summed E-state index contributed by atoms with van der Waals surface area (Å²) in [6.45, 7) is 4.43. The van der Waals surface area contributed by atoms with Gasteiger partial charge in [0.25, 0.3) is 0 Å². The molecule has 0 aromatic heterocycles. The predicted octanol–water partition coefficient (Wildman–Crippen LogP) is 0.948. The van der Waals surface area contributed by atoms with Crippen LogP contribution in [0.5, 0.6) is 0 Å². The molecule has 22 heavy (non-hydrogen) atoms. The second-order valence-corrected chi connectivity index (χ2v) is 5.80. The number of carbonyl (C=O) groups excluding carboxylic acids is 3. The summed E-state index contributed by atoms with van der Waals surface area (Å²) in [6, 6.07) is 0. The molecule has 1 saturated heterocycles. The summed E-state index contributed by atoms with van der Waals surface area (Å²) >= 11 is 0. The Labute approximate surface area is 126 Å². The molecule has 1 N–H and O–H groups in total. The lowest BCUT2D eigenvalue weighted by Crippen LogP contribution is -2.50. The molecule has 2 aliphatic rings. The standard InChI is InChI=1S/C14H17NO7/c1-14(2,3)13(19)21-7-20-12(18)11-8(4-5-16)22-10-6-9(17)15(10)11/h4-5,10,16H,6-7H2,1-3H3/b5-4+/t10-/m1/s1. The minimum Gasteiger partial charge on any atom is -0.515 e. The summed E-state index contributed by atoms with van der Waals surface area (Å²) in [5.41, 5.74) is -0.829. The van der Waals surface area contributed by atoms with Crippen LogP contribution in [0.25, 0.3) is 0 Å². The Morgan fingerprint density at radius 3 is 2.64 bits per heavy atom. The maximum atomic E-state index is 12.0. The van der Waals surface area contributed by atoms with Crippen LogP contribution in [0.3, 0.4) is 0 Å². The van der Waals surface area contributed by atoms with Crippen molar-refractivity contribution >= 4 is 17.8 Å². The van der Waals surface area contributed by atoms with Crippen LogP contribution in [0, 0.1) is 5.41 Å². The molecule has 0 unspecified atom stereocenters. The molecule has 0 aliphatic carbocycles. The SMILES string of the molecule is CC(C)(C)C(=O)OCOC(=O)C1=C(/C=C/O)O[C@@H]2CC(=O)N12. The van der Waals surface area contributed by atoms with Crippen molar-refractivity contribution in [3.05, 3.63) is 23.8 Å². The highest BCUT2D eigenvalue weighted by atomic mass is 16.7. The molecule has 8 heteroatoms. The minimum absolute atomic E-state index is 0.0329. The maximum absolute atomic E-state index is 12.0. The highest BCUT2D eigenvalue weighted by Crippen LogP contribution is 2.36. The second-order valence-electron chi connectivity index (χ2n) is 5.80. The molecule has 1 atom stereocenters.